The quantitative estimate of drug-likeness (QED) is 0.489. The van der Waals surface area contributed by atoms with Gasteiger partial charge in [0.15, 0.2) is 5.54 Å². The van der Waals surface area contributed by atoms with Gasteiger partial charge in [0.25, 0.3) is 0 Å². The molecule has 0 aromatic rings. The van der Waals surface area contributed by atoms with E-state index in [4.69, 9.17) is 0 Å². The normalized spacial score (nSPS) is 32.8. The predicted molar refractivity (Wildman–Crippen MR) is 53.9 cm³/mol. The molecule has 1 aliphatic rings. The van der Waals surface area contributed by atoms with E-state index in [0.29, 0.717) is 5.41 Å². The minimum Gasteiger partial charge on any atom is -0.237 e. The molecule has 1 aliphatic heterocycles. The molecule has 70 valence electrons. The van der Waals surface area contributed by atoms with Gasteiger partial charge in [-0.2, -0.15) is 0 Å². The summed E-state index contributed by atoms with van der Waals surface area (Å²) in [5, 5.41) is 0. The molecule has 0 spiro atoms. The molecule has 0 fully saturated rings. The molecule has 0 N–H and O–H groups in total. The molecule has 1 heterocycles. The van der Waals surface area contributed by atoms with Crippen LogP contribution >= 0.6 is 0 Å². The van der Waals surface area contributed by atoms with E-state index < -0.39 is 0 Å². The van der Waals surface area contributed by atoms with Gasteiger partial charge >= 0.3 is 0 Å². The maximum absolute atomic E-state index is 2.38. The first kappa shape index (κ1) is 9.76. The summed E-state index contributed by atoms with van der Waals surface area (Å²) in [6.07, 6.45) is 3.54. The van der Waals surface area contributed by atoms with Crippen LogP contribution < -0.4 is 0 Å². The lowest BCUT2D eigenvalue weighted by Gasteiger charge is -2.44. The van der Waals surface area contributed by atoms with Crippen molar-refractivity contribution in [3.05, 3.63) is 0 Å². The Bertz CT molecular complexity index is 211. The van der Waals surface area contributed by atoms with E-state index in [9.17, 15) is 0 Å². The maximum atomic E-state index is 2.38. The van der Waals surface area contributed by atoms with Crippen molar-refractivity contribution in [2.45, 2.75) is 46.6 Å². The van der Waals surface area contributed by atoms with Gasteiger partial charge in [-0.25, -0.2) is 4.58 Å². The summed E-state index contributed by atoms with van der Waals surface area (Å²) in [5.74, 6) is 0.781. The molecule has 0 saturated carbocycles. The molecule has 1 nitrogen and oxygen atoms in total. The lowest BCUT2D eigenvalue weighted by Crippen LogP contribution is -2.54. The highest BCUT2D eigenvalue weighted by Gasteiger charge is 2.50. The van der Waals surface area contributed by atoms with Crippen molar-refractivity contribution in [1.29, 1.82) is 0 Å². The summed E-state index contributed by atoms with van der Waals surface area (Å²) in [7, 11) is 2.19. The van der Waals surface area contributed by atoms with Crippen molar-refractivity contribution in [1.82, 2.24) is 0 Å². The molecule has 12 heavy (non-hydrogen) atoms. The number of hydrogen-bond acceptors (Lipinski definition) is 0. The number of rotatable bonds is 0. The molecule has 0 radical (unpaired) electrons. The number of hydrogen-bond donors (Lipinski definition) is 0. The predicted octanol–water partition coefficient (Wildman–Crippen LogP) is 2.54. The Morgan fingerprint density at radius 1 is 1.25 bits per heavy atom. The van der Waals surface area contributed by atoms with Gasteiger partial charge in [0.2, 0.25) is 0 Å². The molecule has 1 heteroatoms. The highest BCUT2D eigenvalue weighted by molar-refractivity contribution is 5.53. The first-order chi connectivity index (χ1) is 5.30. The standard InChI is InChI=1S/C11H22N/c1-9-7-8-12(6)11(4,5)10(9,2)3/h8-9H,7H2,1-6H3/q+1. The number of nitrogens with zero attached hydrogens (tertiary/aromatic N) is 1. The summed E-state index contributed by atoms with van der Waals surface area (Å²) in [6.45, 7) is 11.8. The SMILES string of the molecule is CC1CC=[N+](C)C(C)(C)C1(C)C. The molecule has 0 amide bonds. The second-order valence-electron chi connectivity index (χ2n) is 5.21. The van der Waals surface area contributed by atoms with Gasteiger partial charge in [-0.15, -0.1) is 0 Å². The van der Waals surface area contributed by atoms with Crippen molar-refractivity contribution < 1.29 is 4.58 Å². The van der Waals surface area contributed by atoms with Crippen LogP contribution in [0.4, 0.5) is 0 Å². The molecule has 0 aliphatic carbocycles. The maximum Gasteiger partial charge on any atom is 0.161 e. The van der Waals surface area contributed by atoms with Gasteiger partial charge in [0.05, 0.1) is 0 Å². The van der Waals surface area contributed by atoms with Crippen LogP contribution in [0.2, 0.25) is 0 Å². The molecule has 0 saturated heterocycles. The van der Waals surface area contributed by atoms with Crippen LogP contribution in [-0.2, 0) is 0 Å². The Balaban J connectivity index is 3.10. The molecule has 0 bridgehead atoms. The Morgan fingerprint density at radius 2 is 1.75 bits per heavy atom. The van der Waals surface area contributed by atoms with Crippen molar-refractivity contribution in [2.75, 3.05) is 7.05 Å². The first-order valence-electron chi connectivity index (χ1n) is 4.86. The highest BCUT2D eigenvalue weighted by atomic mass is 15.1. The van der Waals surface area contributed by atoms with E-state index in [-0.39, 0.29) is 5.54 Å². The van der Waals surface area contributed by atoms with Crippen molar-refractivity contribution in [3.63, 3.8) is 0 Å². The van der Waals surface area contributed by atoms with Gasteiger partial charge in [-0.3, -0.25) is 0 Å². The van der Waals surface area contributed by atoms with Gasteiger partial charge in [0.1, 0.15) is 13.3 Å². The molecule has 0 aromatic heterocycles. The third-order valence-corrected chi connectivity index (χ3v) is 4.42. The summed E-state index contributed by atoms with van der Waals surface area (Å²) in [4.78, 5) is 0. The first-order valence-corrected chi connectivity index (χ1v) is 4.86. The van der Waals surface area contributed by atoms with Crippen molar-refractivity contribution in [2.24, 2.45) is 11.3 Å². The Hall–Kier alpha value is -0.330. The molecule has 1 unspecified atom stereocenters. The van der Waals surface area contributed by atoms with E-state index in [1.807, 2.05) is 0 Å². The van der Waals surface area contributed by atoms with E-state index in [0.717, 1.165) is 5.92 Å². The molecular formula is C11H22N+. The van der Waals surface area contributed by atoms with Crippen molar-refractivity contribution >= 4 is 6.21 Å². The zero-order valence-corrected chi connectivity index (χ0v) is 9.31. The molecular weight excluding hydrogens is 146 g/mol. The van der Waals surface area contributed by atoms with Crippen LogP contribution in [0.5, 0.6) is 0 Å². The van der Waals surface area contributed by atoms with Gasteiger partial charge in [-0.1, -0.05) is 20.8 Å². The molecule has 0 aromatic carbocycles. The van der Waals surface area contributed by atoms with E-state index >= 15 is 0 Å². The van der Waals surface area contributed by atoms with E-state index in [1.165, 1.54) is 6.42 Å². The molecule has 1 atom stereocenters. The summed E-state index contributed by atoms with van der Waals surface area (Å²) < 4.78 is 2.37. The van der Waals surface area contributed by atoms with Crippen LogP contribution in [0, 0.1) is 11.3 Å². The lowest BCUT2D eigenvalue weighted by molar-refractivity contribution is -0.600. The Kier molecular flexibility index (Phi) is 2.10. The second kappa shape index (κ2) is 2.58. The minimum atomic E-state index is 0.282. The topological polar surface area (TPSA) is 3.01 Å². The zero-order chi connectivity index (χ0) is 9.57. The lowest BCUT2D eigenvalue weighted by atomic mass is 9.64. The Labute approximate surface area is 76.5 Å². The minimum absolute atomic E-state index is 0.282. The van der Waals surface area contributed by atoms with Crippen molar-refractivity contribution in [3.8, 4) is 0 Å². The van der Waals surface area contributed by atoms with Crippen LogP contribution in [0.25, 0.3) is 0 Å². The average molecular weight is 168 g/mol. The smallest absolute Gasteiger partial charge is 0.161 e. The van der Waals surface area contributed by atoms with Crippen LogP contribution in [0.3, 0.4) is 0 Å². The summed E-state index contributed by atoms with van der Waals surface area (Å²) in [5.41, 5.74) is 0.682. The third kappa shape index (κ3) is 1.10. The molecule has 1 rings (SSSR count). The van der Waals surface area contributed by atoms with E-state index in [1.54, 1.807) is 0 Å². The largest absolute Gasteiger partial charge is 0.237 e. The highest BCUT2D eigenvalue weighted by Crippen LogP contribution is 2.43. The van der Waals surface area contributed by atoms with Crippen LogP contribution in [0.15, 0.2) is 0 Å². The average Bonchev–Trinajstić information content (AvgIpc) is 1.96. The van der Waals surface area contributed by atoms with Crippen LogP contribution in [-0.4, -0.2) is 23.4 Å². The van der Waals surface area contributed by atoms with Crippen LogP contribution in [0.1, 0.15) is 41.0 Å². The van der Waals surface area contributed by atoms with E-state index in [2.05, 4.69) is 52.5 Å². The third-order valence-electron chi connectivity index (χ3n) is 4.42. The van der Waals surface area contributed by atoms with Gasteiger partial charge in [-0.05, 0) is 5.92 Å². The fourth-order valence-electron chi connectivity index (χ4n) is 1.90. The van der Waals surface area contributed by atoms with Gasteiger partial charge in [0, 0.05) is 25.7 Å². The zero-order valence-electron chi connectivity index (χ0n) is 9.31. The fourth-order valence-corrected chi connectivity index (χ4v) is 1.90. The van der Waals surface area contributed by atoms with Gasteiger partial charge < -0.3 is 0 Å². The Morgan fingerprint density at radius 3 is 2.17 bits per heavy atom. The summed E-state index contributed by atoms with van der Waals surface area (Å²) in [6, 6.07) is 0. The second-order valence-corrected chi connectivity index (χ2v) is 5.21. The summed E-state index contributed by atoms with van der Waals surface area (Å²) >= 11 is 0. The fraction of sp³-hybridized carbons (Fsp3) is 0.909. The monoisotopic (exact) mass is 168 g/mol.